The van der Waals surface area contributed by atoms with Gasteiger partial charge in [-0.15, -0.1) is 0 Å². The molecule has 0 aromatic carbocycles. The van der Waals surface area contributed by atoms with Gasteiger partial charge in [-0.05, 0) is 6.42 Å². The van der Waals surface area contributed by atoms with Gasteiger partial charge in [0.25, 0.3) is 0 Å². The van der Waals surface area contributed by atoms with Gasteiger partial charge in [-0.3, -0.25) is 4.79 Å². The Morgan fingerprint density at radius 3 is 3.00 bits per heavy atom. The molecule has 1 aliphatic rings. The molecule has 0 radical (unpaired) electrons. The second-order valence-electron chi connectivity index (χ2n) is 3.05. The van der Waals surface area contributed by atoms with E-state index >= 15 is 0 Å². The zero-order chi connectivity index (χ0) is 8.72. The van der Waals surface area contributed by atoms with Crippen LogP contribution in [0.15, 0.2) is 6.20 Å². The van der Waals surface area contributed by atoms with Gasteiger partial charge in [0.2, 0.25) is 0 Å². The van der Waals surface area contributed by atoms with Crippen LogP contribution in [0.5, 0.6) is 0 Å². The van der Waals surface area contributed by atoms with Gasteiger partial charge in [0.15, 0.2) is 0 Å². The van der Waals surface area contributed by atoms with Crippen molar-refractivity contribution in [1.82, 2.24) is 15.0 Å². The topological polar surface area (TPSA) is 68.0 Å². The smallest absolute Gasteiger partial charge is 0.307 e. The van der Waals surface area contributed by atoms with Gasteiger partial charge in [0, 0.05) is 13.0 Å². The summed E-state index contributed by atoms with van der Waals surface area (Å²) in [5.41, 5.74) is 0.796. The highest BCUT2D eigenvalue weighted by atomic mass is 16.4. The first-order valence-electron chi connectivity index (χ1n) is 3.77. The number of rotatable bonds is 2. The van der Waals surface area contributed by atoms with Crippen molar-refractivity contribution in [2.75, 3.05) is 0 Å². The minimum Gasteiger partial charge on any atom is -0.481 e. The molecule has 0 aliphatic heterocycles. The summed E-state index contributed by atoms with van der Waals surface area (Å²) in [6.07, 6.45) is 2.33. The number of nitrogens with zero attached hydrogens (tertiary/aromatic N) is 3. The van der Waals surface area contributed by atoms with Crippen molar-refractivity contribution in [3.05, 3.63) is 11.9 Å². The Morgan fingerprint density at radius 1 is 1.83 bits per heavy atom. The molecule has 12 heavy (non-hydrogen) atoms. The zero-order valence-corrected chi connectivity index (χ0v) is 6.64. The Bertz CT molecular complexity index is 320. The predicted molar refractivity (Wildman–Crippen MR) is 39.5 cm³/mol. The average Bonchev–Trinajstić information content (AvgIpc) is 2.70. The Morgan fingerprint density at radius 2 is 2.58 bits per heavy atom. The highest BCUT2D eigenvalue weighted by molar-refractivity contribution is 5.74. The van der Waals surface area contributed by atoms with Gasteiger partial charge in [0.1, 0.15) is 0 Å². The Kier molecular flexibility index (Phi) is 1.39. The molecule has 0 bridgehead atoms. The van der Waals surface area contributed by atoms with Crippen LogP contribution in [0.1, 0.15) is 18.0 Å². The third-order valence-corrected chi connectivity index (χ3v) is 2.10. The molecule has 1 heterocycles. The largest absolute Gasteiger partial charge is 0.481 e. The van der Waals surface area contributed by atoms with E-state index < -0.39 is 5.97 Å². The van der Waals surface area contributed by atoms with E-state index in [0.29, 0.717) is 6.42 Å². The van der Waals surface area contributed by atoms with E-state index in [2.05, 4.69) is 10.2 Å². The normalized spacial score (nSPS) is 27.1. The lowest BCUT2D eigenvalue weighted by atomic mass is 10.2. The van der Waals surface area contributed by atoms with Gasteiger partial charge >= 0.3 is 5.97 Å². The third kappa shape index (κ3) is 1.07. The number of carbonyl (C=O) groups is 1. The molecule has 1 N–H and O–H groups in total. The standard InChI is InChI=1S/C7H9N3O2/c1-10-8-3-6(9-10)4-2-5(4)7(11)12/h3-5H,2H2,1H3,(H,11,12). The van der Waals surface area contributed by atoms with Crippen LogP contribution in [0.4, 0.5) is 0 Å². The molecular weight excluding hydrogens is 158 g/mol. The van der Waals surface area contributed by atoms with E-state index in [9.17, 15) is 4.79 Å². The Labute approximate surface area is 69.0 Å². The maximum Gasteiger partial charge on any atom is 0.307 e. The van der Waals surface area contributed by atoms with Gasteiger partial charge in [-0.25, -0.2) is 0 Å². The minimum atomic E-state index is -0.731. The summed E-state index contributed by atoms with van der Waals surface area (Å²) in [5.74, 6) is -0.872. The molecule has 2 unspecified atom stereocenters. The Balaban J connectivity index is 2.10. The predicted octanol–water partition coefficient (Wildman–Crippen LogP) is 0.00320. The Hall–Kier alpha value is -1.39. The van der Waals surface area contributed by atoms with Crippen LogP contribution in [-0.4, -0.2) is 26.1 Å². The highest BCUT2D eigenvalue weighted by Gasteiger charge is 2.45. The van der Waals surface area contributed by atoms with E-state index in [4.69, 9.17) is 5.11 Å². The first kappa shape index (κ1) is 7.27. The summed E-state index contributed by atoms with van der Waals surface area (Å²) in [7, 11) is 1.72. The van der Waals surface area contributed by atoms with Crippen molar-refractivity contribution < 1.29 is 9.90 Å². The number of hydrogen-bond acceptors (Lipinski definition) is 3. The molecule has 2 atom stereocenters. The lowest BCUT2D eigenvalue weighted by Crippen LogP contribution is -1.99. The van der Waals surface area contributed by atoms with Crippen LogP contribution >= 0.6 is 0 Å². The lowest BCUT2D eigenvalue weighted by molar-refractivity contribution is -0.138. The maximum absolute atomic E-state index is 10.5. The number of aromatic nitrogens is 3. The van der Waals surface area contributed by atoms with Crippen LogP contribution in [-0.2, 0) is 11.8 Å². The number of carboxylic acid groups (broad SMARTS) is 1. The molecule has 64 valence electrons. The van der Waals surface area contributed by atoms with Gasteiger partial charge in [-0.1, -0.05) is 0 Å². The van der Waals surface area contributed by atoms with E-state index in [1.165, 1.54) is 4.80 Å². The van der Waals surface area contributed by atoms with Crippen molar-refractivity contribution in [1.29, 1.82) is 0 Å². The minimum absolute atomic E-state index is 0.0937. The molecule has 1 aromatic heterocycles. The summed E-state index contributed by atoms with van der Waals surface area (Å²) in [5, 5.41) is 16.6. The highest BCUT2D eigenvalue weighted by Crippen LogP contribution is 2.46. The molecule has 1 fully saturated rings. The van der Waals surface area contributed by atoms with Crippen molar-refractivity contribution in [2.45, 2.75) is 12.3 Å². The van der Waals surface area contributed by atoms with E-state index in [1.54, 1.807) is 13.2 Å². The fourth-order valence-electron chi connectivity index (χ4n) is 1.33. The zero-order valence-electron chi connectivity index (χ0n) is 6.64. The van der Waals surface area contributed by atoms with Crippen LogP contribution in [0.25, 0.3) is 0 Å². The van der Waals surface area contributed by atoms with E-state index in [-0.39, 0.29) is 11.8 Å². The summed E-state index contributed by atoms with van der Waals surface area (Å²) in [4.78, 5) is 11.9. The molecule has 1 aromatic rings. The monoisotopic (exact) mass is 167 g/mol. The lowest BCUT2D eigenvalue weighted by Gasteiger charge is -1.88. The van der Waals surface area contributed by atoms with Gasteiger partial charge in [-0.2, -0.15) is 15.0 Å². The SMILES string of the molecule is Cn1ncc(C2CC2C(=O)O)n1. The van der Waals surface area contributed by atoms with Crippen LogP contribution < -0.4 is 0 Å². The molecule has 5 heteroatoms. The van der Waals surface area contributed by atoms with E-state index in [0.717, 1.165) is 5.69 Å². The fraction of sp³-hybridized carbons (Fsp3) is 0.571. The molecule has 1 aliphatic carbocycles. The molecule has 2 rings (SSSR count). The van der Waals surface area contributed by atoms with Crippen LogP contribution in [0.3, 0.4) is 0 Å². The van der Waals surface area contributed by atoms with Crippen LogP contribution in [0, 0.1) is 5.92 Å². The van der Waals surface area contributed by atoms with E-state index in [1.807, 2.05) is 0 Å². The summed E-state index contributed by atoms with van der Waals surface area (Å²) < 4.78 is 0. The second-order valence-corrected chi connectivity index (χ2v) is 3.05. The fourth-order valence-corrected chi connectivity index (χ4v) is 1.33. The first-order chi connectivity index (χ1) is 5.68. The molecule has 0 saturated heterocycles. The third-order valence-electron chi connectivity index (χ3n) is 2.10. The quantitative estimate of drug-likeness (QED) is 0.673. The summed E-state index contributed by atoms with van der Waals surface area (Å²) in [6.45, 7) is 0. The molecule has 0 spiro atoms. The number of hydrogen-bond donors (Lipinski definition) is 1. The average molecular weight is 167 g/mol. The molecule has 5 nitrogen and oxygen atoms in total. The van der Waals surface area contributed by atoms with Crippen molar-refractivity contribution in [3.8, 4) is 0 Å². The van der Waals surface area contributed by atoms with Crippen molar-refractivity contribution in [2.24, 2.45) is 13.0 Å². The molecule has 0 amide bonds. The molecular formula is C7H9N3O2. The van der Waals surface area contributed by atoms with Crippen molar-refractivity contribution in [3.63, 3.8) is 0 Å². The maximum atomic E-state index is 10.5. The van der Waals surface area contributed by atoms with Crippen LogP contribution in [0.2, 0.25) is 0 Å². The number of aryl methyl sites for hydroxylation is 1. The van der Waals surface area contributed by atoms with Gasteiger partial charge < -0.3 is 5.11 Å². The number of aliphatic carboxylic acids is 1. The first-order valence-corrected chi connectivity index (χ1v) is 3.77. The van der Waals surface area contributed by atoms with Gasteiger partial charge in [0.05, 0.1) is 17.8 Å². The second kappa shape index (κ2) is 2.30. The number of carboxylic acids is 1. The molecule has 1 saturated carbocycles. The van der Waals surface area contributed by atoms with Crippen molar-refractivity contribution >= 4 is 5.97 Å². The summed E-state index contributed by atoms with van der Waals surface area (Å²) >= 11 is 0. The summed E-state index contributed by atoms with van der Waals surface area (Å²) in [6, 6.07) is 0.